The summed E-state index contributed by atoms with van der Waals surface area (Å²) in [5.74, 6) is 3.87. The molecule has 70 heavy (non-hydrogen) atoms. The molecule has 8 aromatic carbocycles. The molecule has 8 aliphatic rings. The van der Waals surface area contributed by atoms with Crippen LogP contribution in [0.4, 0.5) is 34.1 Å². The smallest absolute Gasteiger partial charge is 0.0505 e. The van der Waals surface area contributed by atoms with Crippen LogP contribution in [-0.2, 0) is 29.1 Å². The Hall–Kier alpha value is -6.64. The van der Waals surface area contributed by atoms with E-state index in [4.69, 9.17) is 0 Å². The van der Waals surface area contributed by atoms with Crippen molar-refractivity contribution in [3.05, 3.63) is 227 Å². The molecule has 0 amide bonds. The third-order valence-electron chi connectivity index (χ3n) is 19.5. The minimum absolute atomic E-state index is 0.117. The highest BCUT2D eigenvalue weighted by Gasteiger charge is 2.62. The minimum atomic E-state index is -0.166. The van der Waals surface area contributed by atoms with Gasteiger partial charge in [0.05, 0.1) is 11.4 Å². The fourth-order valence-corrected chi connectivity index (χ4v) is 17.2. The first-order valence-electron chi connectivity index (χ1n) is 26.8. The van der Waals surface area contributed by atoms with Crippen molar-refractivity contribution >= 4 is 34.1 Å². The zero-order chi connectivity index (χ0) is 46.3. The minimum Gasteiger partial charge on any atom is -0.310 e. The Balaban J connectivity index is 0.899. The second kappa shape index (κ2) is 15.2. The van der Waals surface area contributed by atoms with Crippen molar-refractivity contribution in [2.24, 2.45) is 29.6 Å². The molecule has 2 nitrogen and oxygen atoms in total. The molecule has 0 aromatic heterocycles. The number of benzene rings is 8. The first-order chi connectivity index (χ1) is 34.4. The van der Waals surface area contributed by atoms with Gasteiger partial charge in [-0.3, -0.25) is 0 Å². The standard InChI is InChI=1S/C68H62N2/c1-66(2)59-24-14-23-57(47-15-6-3-7-16-47)63(59)58-34-33-56(40-60(58)66)70(54-21-10-5-11-22-54)62-26-13-18-49-39-52-28-27-51-38-48-17-12-25-61(64(48)68(51,52)65(49)62)69(53-19-8-4-9-20-53)55-31-29-50(30-32-55)67-41-44-35-45(42-67)37-46(36-44)43-67/h3-26,29-34,40,44-46,51-52H,27-28,35-39,41-43H2,1-2H3. The molecule has 3 unspecified atom stereocenters. The van der Waals surface area contributed by atoms with Gasteiger partial charge in [-0.2, -0.15) is 0 Å². The van der Waals surface area contributed by atoms with Gasteiger partial charge in [-0.25, -0.2) is 0 Å². The van der Waals surface area contributed by atoms with E-state index in [1.54, 1.807) is 22.3 Å². The summed E-state index contributed by atoms with van der Waals surface area (Å²) in [7, 11) is 0. The lowest BCUT2D eigenvalue weighted by Gasteiger charge is -2.57. The molecule has 0 heterocycles. The van der Waals surface area contributed by atoms with Crippen LogP contribution in [0.1, 0.15) is 104 Å². The normalized spacial score (nSPS) is 26.5. The fourth-order valence-electron chi connectivity index (χ4n) is 17.2. The van der Waals surface area contributed by atoms with Gasteiger partial charge in [-0.15, -0.1) is 0 Å². The lowest BCUT2D eigenvalue weighted by Crippen LogP contribution is -2.48. The fraction of sp³-hybridized carbons (Fsp3) is 0.294. The largest absolute Gasteiger partial charge is 0.310 e. The van der Waals surface area contributed by atoms with Crippen molar-refractivity contribution in [2.45, 2.75) is 94.3 Å². The average Bonchev–Trinajstić information content (AvgIpc) is 4.09. The van der Waals surface area contributed by atoms with Gasteiger partial charge >= 0.3 is 0 Å². The van der Waals surface area contributed by atoms with Crippen molar-refractivity contribution in [1.29, 1.82) is 0 Å². The molecule has 4 bridgehead atoms. The van der Waals surface area contributed by atoms with E-state index in [1.165, 1.54) is 124 Å². The highest BCUT2D eigenvalue weighted by Crippen LogP contribution is 2.69. The molecule has 344 valence electrons. The molecule has 5 saturated carbocycles. The zero-order valence-electron chi connectivity index (χ0n) is 40.8. The van der Waals surface area contributed by atoms with E-state index in [2.05, 4.69) is 212 Å². The summed E-state index contributed by atoms with van der Waals surface area (Å²) in [4.78, 5) is 5.29. The first-order valence-corrected chi connectivity index (χ1v) is 26.8. The highest BCUT2D eigenvalue weighted by atomic mass is 15.2. The molecule has 0 N–H and O–H groups in total. The van der Waals surface area contributed by atoms with E-state index in [0.29, 0.717) is 17.3 Å². The van der Waals surface area contributed by atoms with Crippen LogP contribution < -0.4 is 9.80 Å². The van der Waals surface area contributed by atoms with Crippen LogP contribution in [0.3, 0.4) is 0 Å². The van der Waals surface area contributed by atoms with E-state index in [-0.39, 0.29) is 10.8 Å². The van der Waals surface area contributed by atoms with Gasteiger partial charge in [-0.1, -0.05) is 141 Å². The molecule has 16 rings (SSSR count). The van der Waals surface area contributed by atoms with Crippen molar-refractivity contribution < 1.29 is 0 Å². The Kier molecular flexibility index (Phi) is 8.93. The number of fused-ring (bicyclic) bond motifs is 5. The maximum atomic E-state index is 2.65. The van der Waals surface area contributed by atoms with E-state index < -0.39 is 0 Å². The van der Waals surface area contributed by atoms with Gasteiger partial charge in [0.2, 0.25) is 0 Å². The molecule has 8 aromatic rings. The number of hydrogen-bond donors (Lipinski definition) is 0. The van der Waals surface area contributed by atoms with Gasteiger partial charge in [0.1, 0.15) is 0 Å². The van der Waals surface area contributed by atoms with Crippen LogP contribution in [-0.4, -0.2) is 0 Å². The summed E-state index contributed by atoms with van der Waals surface area (Å²) in [6, 6.07) is 72.7. The zero-order valence-corrected chi connectivity index (χ0v) is 40.8. The number of para-hydroxylation sites is 2. The Labute approximate surface area is 415 Å². The first kappa shape index (κ1) is 41.2. The molecule has 0 saturated heterocycles. The summed E-state index contributed by atoms with van der Waals surface area (Å²) >= 11 is 0. The van der Waals surface area contributed by atoms with Crippen LogP contribution in [0.25, 0.3) is 22.3 Å². The van der Waals surface area contributed by atoms with Crippen LogP contribution in [0, 0.1) is 29.6 Å². The number of anilines is 6. The van der Waals surface area contributed by atoms with Crippen molar-refractivity contribution in [3.8, 4) is 22.3 Å². The highest BCUT2D eigenvalue weighted by molar-refractivity contribution is 5.95. The van der Waals surface area contributed by atoms with Gasteiger partial charge < -0.3 is 9.80 Å². The second-order valence-corrected chi connectivity index (χ2v) is 23.4. The number of rotatable bonds is 8. The summed E-state index contributed by atoms with van der Waals surface area (Å²) in [5, 5.41) is 0. The number of hydrogen-bond acceptors (Lipinski definition) is 2. The summed E-state index contributed by atoms with van der Waals surface area (Å²) < 4.78 is 0. The monoisotopic (exact) mass is 906 g/mol. The molecule has 0 radical (unpaired) electrons. The maximum Gasteiger partial charge on any atom is 0.0505 e. The van der Waals surface area contributed by atoms with Crippen LogP contribution in [0.2, 0.25) is 0 Å². The Morgan fingerprint density at radius 3 is 1.50 bits per heavy atom. The topological polar surface area (TPSA) is 6.48 Å². The molecule has 8 aliphatic carbocycles. The third kappa shape index (κ3) is 5.80. The van der Waals surface area contributed by atoms with Crippen molar-refractivity contribution in [1.82, 2.24) is 0 Å². The summed E-state index contributed by atoms with van der Waals surface area (Å²) in [5.41, 5.74) is 23.7. The van der Waals surface area contributed by atoms with E-state index >= 15 is 0 Å². The van der Waals surface area contributed by atoms with Gasteiger partial charge in [-0.05, 0) is 221 Å². The molecule has 3 atom stereocenters. The summed E-state index contributed by atoms with van der Waals surface area (Å²) in [6.07, 6.45) is 13.4. The van der Waals surface area contributed by atoms with Gasteiger partial charge in [0.15, 0.2) is 0 Å². The van der Waals surface area contributed by atoms with Gasteiger partial charge in [0.25, 0.3) is 0 Å². The van der Waals surface area contributed by atoms with Crippen molar-refractivity contribution in [3.63, 3.8) is 0 Å². The second-order valence-electron chi connectivity index (χ2n) is 23.4. The third-order valence-corrected chi connectivity index (χ3v) is 19.5. The molecule has 0 aliphatic heterocycles. The lowest BCUT2D eigenvalue weighted by molar-refractivity contribution is -0.00518. The molecule has 2 heteroatoms. The van der Waals surface area contributed by atoms with Crippen LogP contribution in [0.15, 0.2) is 188 Å². The Morgan fingerprint density at radius 2 is 0.929 bits per heavy atom. The Bertz CT molecular complexity index is 3310. The van der Waals surface area contributed by atoms with E-state index in [1.807, 2.05) is 0 Å². The maximum absolute atomic E-state index is 2.65. The molecular weight excluding hydrogens is 845 g/mol. The van der Waals surface area contributed by atoms with Crippen molar-refractivity contribution in [2.75, 3.05) is 9.80 Å². The predicted molar refractivity (Wildman–Crippen MR) is 290 cm³/mol. The van der Waals surface area contributed by atoms with Crippen LogP contribution in [0.5, 0.6) is 0 Å². The number of nitrogens with zero attached hydrogens (tertiary/aromatic N) is 2. The van der Waals surface area contributed by atoms with E-state index in [0.717, 1.165) is 30.6 Å². The molecule has 5 fully saturated rings. The predicted octanol–water partition coefficient (Wildman–Crippen LogP) is 17.5. The molecular formula is C68H62N2. The van der Waals surface area contributed by atoms with Gasteiger partial charge in [0, 0.05) is 33.6 Å². The average molecular weight is 907 g/mol. The quantitative estimate of drug-likeness (QED) is 0.150. The SMILES string of the molecule is CC1(C)c2cc(N(c3ccccc3)c3cccc4c3C35c6c(cccc6N(c6ccccc6)c6ccc(C78CC9CC(CC(C9)C7)C8)cc6)CC3CCC5C4)ccc2-c2c(-c3ccccc3)cccc21. The Morgan fingerprint density at radius 1 is 0.429 bits per heavy atom. The molecule has 1 spiro atoms. The van der Waals surface area contributed by atoms with Crippen LogP contribution >= 0.6 is 0 Å². The summed E-state index contributed by atoms with van der Waals surface area (Å²) in [6.45, 7) is 4.87. The lowest BCUT2D eigenvalue weighted by atomic mass is 9.48. The van der Waals surface area contributed by atoms with E-state index in [9.17, 15) is 0 Å².